The molecule has 1 heterocycles. The van der Waals surface area contributed by atoms with Gasteiger partial charge < -0.3 is 20.1 Å². The highest BCUT2D eigenvalue weighted by molar-refractivity contribution is 7.92. The van der Waals surface area contributed by atoms with Crippen LogP contribution in [0.2, 0.25) is 0 Å². The standard InChI is InChI=1S/C23H30N4O6S/c1-17-5-3-4-6-21(17)34(31,32)25-18-7-8-20(19(15-18)23(29)30)27-12-10-26(11-13-27)16-22(28)24-9-14-33-2/h3-8,15,25H,9-14,16H2,1-2H3,(H,24,28)(H,29,30). The smallest absolute Gasteiger partial charge is 0.337 e. The molecule has 34 heavy (non-hydrogen) atoms. The molecule has 0 atom stereocenters. The lowest BCUT2D eigenvalue weighted by atomic mass is 10.1. The van der Waals surface area contributed by atoms with E-state index in [-0.39, 0.29) is 28.6 Å². The first kappa shape index (κ1) is 25.5. The van der Waals surface area contributed by atoms with Crippen LogP contribution in [0.1, 0.15) is 15.9 Å². The second-order valence-electron chi connectivity index (χ2n) is 8.01. The predicted molar refractivity (Wildman–Crippen MR) is 129 cm³/mol. The number of ether oxygens (including phenoxy) is 1. The van der Waals surface area contributed by atoms with Crippen LogP contribution in [0.3, 0.4) is 0 Å². The van der Waals surface area contributed by atoms with Crippen molar-refractivity contribution in [2.45, 2.75) is 11.8 Å². The highest BCUT2D eigenvalue weighted by atomic mass is 32.2. The molecular formula is C23H30N4O6S. The molecule has 2 aromatic carbocycles. The van der Waals surface area contributed by atoms with Gasteiger partial charge in [-0.05, 0) is 36.8 Å². The first-order valence-corrected chi connectivity index (χ1v) is 12.4. The largest absolute Gasteiger partial charge is 0.478 e. The van der Waals surface area contributed by atoms with Crippen molar-refractivity contribution in [3.05, 3.63) is 53.6 Å². The Bertz CT molecular complexity index is 1130. The summed E-state index contributed by atoms with van der Waals surface area (Å²) in [5.74, 6) is -1.23. The van der Waals surface area contributed by atoms with Crippen LogP contribution in [0.25, 0.3) is 0 Å². The number of carbonyl (C=O) groups is 2. The lowest BCUT2D eigenvalue weighted by molar-refractivity contribution is -0.122. The molecular weight excluding hydrogens is 460 g/mol. The minimum absolute atomic E-state index is 0.00995. The van der Waals surface area contributed by atoms with E-state index in [9.17, 15) is 23.1 Å². The fraction of sp³-hybridized carbons (Fsp3) is 0.391. The van der Waals surface area contributed by atoms with Crippen molar-refractivity contribution in [1.29, 1.82) is 0 Å². The zero-order valence-electron chi connectivity index (χ0n) is 19.3. The van der Waals surface area contributed by atoms with Crippen LogP contribution in [0.15, 0.2) is 47.4 Å². The van der Waals surface area contributed by atoms with Gasteiger partial charge in [-0.1, -0.05) is 18.2 Å². The molecule has 0 radical (unpaired) electrons. The molecule has 1 fully saturated rings. The number of methoxy groups -OCH3 is 1. The molecule has 10 nitrogen and oxygen atoms in total. The molecule has 1 saturated heterocycles. The van der Waals surface area contributed by atoms with Crippen LogP contribution in [-0.2, 0) is 19.6 Å². The molecule has 11 heteroatoms. The summed E-state index contributed by atoms with van der Waals surface area (Å²) in [6, 6.07) is 11.1. The van der Waals surface area contributed by atoms with Gasteiger partial charge in [-0.15, -0.1) is 0 Å². The Morgan fingerprint density at radius 2 is 1.79 bits per heavy atom. The Labute approximate surface area is 199 Å². The van der Waals surface area contributed by atoms with E-state index in [0.29, 0.717) is 50.6 Å². The van der Waals surface area contributed by atoms with Gasteiger partial charge in [0.2, 0.25) is 5.91 Å². The Hall–Kier alpha value is -3.15. The number of carboxylic acids is 1. The average molecular weight is 491 g/mol. The second-order valence-corrected chi connectivity index (χ2v) is 9.66. The number of carbonyl (C=O) groups excluding carboxylic acids is 1. The zero-order valence-corrected chi connectivity index (χ0v) is 20.1. The van der Waals surface area contributed by atoms with Gasteiger partial charge >= 0.3 is 5.97 Å². The van der Waals surface area contributed by atoms with Gasteiger partial charge in [-0.3, -0.25) is 14.4 Å². The van der Waals surface area contributed by atoms with Crippen molar-refractivity contribution in [2.75, 3.05) is 62.6 Å². The summed E-state index contributed by atoms with van der Waals surface area (Å²) in [6.07, 6.45) is 0. The van der Waals surface area contributed by atoms with Crippen molar-refractivity contribution in [2.24, 2.45) is 0 Å². The normalized spacial score (nSPS) is 14.6. The van der Waals surface area contributed by atoms with Crippen LogP contribution in [0.5, 0.6) is 0 Å². The van der Waals surface area contributed by atoms with E-state index >= 15 is 0 Å². The molecule has 0 aromatic heterocycles. The van der Waals surface area contributed by atoms with E-state index in [4.69, 9.17) is 4.74 Å². The molecule has 1 amide bonds. The molecule has 1 aliphatic rings. The third-order valence-electron chi connectivity index (χ3n) is 5.57. The molecule has 0 unspecified atom stereocenters. The van der Waals surface area contributed by atoms with Gasteiger partial charge in [0.05, 0.1) is 29.3 Å². The number of piperazine rings is 1. The highest BCUT2D eigenvalue weighted by Crippen LogP contribution is 2.27. The Kier molecular flexibility index (Phi) is 8.48. The minimum Gasteiger partial charge on any atom is -0.478 e. The molecule has 2 aromatic rings. The molecule has 184 valence electrons. The fourth-order valence-electron chi connectivity index (χ4n) is 3.81. The number of nitrogens with one attached hydrogen (secondary N) is 2. The number of hydrogen-bond donors (Lipinski definition) is 3. The van der Waals surface area contributed by atoms with Crippen LogP contribution < -0.4 is 14.9 Å². The van der Waals surface area contributed by atoms with E-state index in [1.165, 1.54) is 12.1 Å². The maximum Gasteiger partial charge on any atom is 0.337 e. The van der Waals surface area contributed by atoms with Crippen molar-refractivity contribution < 1.29 is 27.9 Å². The van der Waals surface area contributed by atoms with Crippen LogP contribution in [-0.4, -0.2) is 83.3 Å². The van der Waals surface area contributed by atoms with Crippen molar-refractivity contribution in [3.8, 4) is 0 Å². The quantitative estimate of drug-likeness (QED) is 0.426. The van der Waals surface area contributed by atoms with E-state index < -0.39 is 16.0 Å². The van der Waals surface area contributed by atoms with Gasteiger partial charge in [-0.2, -0.15) is 0 Å². The van der Waals surface area contributed by atoms with Crippen LogP contribution >= 0.6 is 0 Å². The fourth-order valence-corrected chi connectivity index (χ4v) is 5.11. The Morgan fingerprint density at radius 1 is 1.09 bits per heavy atom. The topological polar surface area (TPSA) is 128 Å². The number of sulfonamides is 1. The molecule has 3 rings (SSSR count). The van der Waals surface area contributed by atoms with Gasteiger partial charge in [0, 0.05) is 45.5 Å². The molecule has 0 bridgehead atoms. The summed E-state index contributed by atoms with van der Waals surface area (Å²) in [5, 5.41) is 12.6. The van der Waals surface area contributed by atoms with Crippen molar-refractivity contribution in [1.82, 2.24) is 10.2 Å². The molecule has 1 aliphatic heterocycles. The summed E-state index contributed by atoms with van der Waals surface area (Å²) < 4.78 is 33.0. The van der Waals surface area contributed by atoms with Crippen LogP contribution in [0.4, 0.5) is 11.4 Å². The number of carboxylic acid groups (broad SMARTS) is 1. The number of anilines is 2. The molecule has 0 saturated carbocycles. The zero-order chi connectivity index (χ0) is 24.7. The molecule has 0 spiro atoms. The molecule has 3 N–H and O–H groups in total. The number of rotatable bonds is 10. The second kappa shape index (κ2) is 11.3. The third-order valence-corrected chi connectivity index (χ3v) is 7.11. The summed E-state index contributed by atoms with van der Waals surface area (Å²) >= 11 is 0. The highest BCUT2D eigenvalue weighted by Gasteiger charge is 2.24. The van der Waals surface area contributed by atoms with Gasteiger partial charge in [0.1, 0.15) is 0 Å². The van der Waals surface area contributed by atoms with Gasteiger partial charge in [0.15, 0.2) is 0 Å². The van der Waals surface area contributed by atoms with Gasteiger partial charge in [0.25, 0.3) is 10.0 Å². The van der Waals surface area contributed by atoms with Gasteiger partial charge in [-0.25, -0.2) is 13.2 Å². The Balaban J connectivity index is 1.68. The third kappa shape index (κ3) is 6.46. The minimum atomic E-state index is -3.86. The summed E-state index contributed by atoms with van der Waals surface area (Å²) in [4.78, 5) is 28.0. The lowest BCUT2D eigenvalue weighted by Gasteiger charge is -2.36. The molecule has 0 aliphatic carbocycles. The predicted octanol–water partition coefficient (Wildman–Crippen LogP) is 1.38. The van der Waals surface area contributed by atoms with E-state index in [0.717, 1.165) is 0 Å². The first-order chi connectivity index (χ1) is 16.2. The lowest BCUT2D eigenvalue weighted by Crippen LogP contribution is -2.50. The SMILES string of the molecule is COCCNC(=O)CN1CCN(c2ccc(NS(=O)(=O)c3ccccc3C)cc2C(=O)O)CC1. The number of aromatic carboxylic acids is 1. The van der Waals surface area contributed by atoms with E-state index in [1.54, 1.807) is 44.4 Å². The number of amides is 1. The van der Waals surface area contributed by atoms with Crippen molar-refractivity contribution in [3.63, 3.8) is 0 Å². The summed E-state index contributed by atoms with van der Waals surface area (Å²) in [7, 11) is -2.29. The Morgan fingerprint density at radius 3 is 2.44 bits per heavy atom. The first-order valence-electron chi connectivity index (χ1n) is 10.9. The monoisotopic (exact) mass is 490 g/mol. The van der Waals surface area contributed by atoms with E-state index in [1.807, 2.05) is 9.80 Å². The summed E-state index contributed by atoms with van der Waals surface area (Å²) in [5.41, 5.74) is 1.29. The maximum absolute atomic E-state index is 12.8. The number of aryl methyl sites for hydroxylation is 1. The van der Waals surface area contributed by atoms with E-state index in [2.05, 4.69) is 10.0 Å². The summed E-state index contributed by atoms with van der Waals surface area (Å²) in [6.45, 7) is 5.15. The average Bonchev–Trinajstić information content (AvgIpc) is 2.79. The number of benzene rings is 2. The van der Waals surface area contributed by atoms with Crippen molar-refractivity contribution >= 4 is 33.3 Å². The number of nitrogens with zero attached hydrogens (tertiary/aromatic N) is 2. The van der Waals surface area contributed by atoms with Crippen LogP contribution in [0, 0.1) is 6.92 Å². The number of hydrogen-bond acceptors (Lipinski definition) is 7. The maximum atomic E-state index is 12.8.